The summed E-state index contributed by atoms with van der Waals surface area (Å²) in [6.07, 6.45) is -0.820. The van der Waals surface area contributed by atoms with Crippen molar-refractivity contribution in [3.8, 4) is 5.75 Å². The van der Waals surface area contributed by atoms with Crippen LogP contribution in [0, 0.1) is 11.6 Å². The Morgan fingerprint density at radius 3 is 2.43 bits per heavy atom. The Balaban J connectivity index is 2.09. The van der Waals surface area contributed by atoms with Gasteiger partial charge in [0.25, 0.3) is 5.91 Å². The molecule has 0 aliphatic heterocycles. The van der Waals surface area contributed by atoms with Crippen LogP contribution in [-0.2, 0) is 4.79 Å². The molecular formula is C18H19F2NO2. The van der Waals surface area contributed by atoms with Crippen molar-refractivity contribution in [2.45, 2.75) is 32.8 Å². The summed E-state index contributed by atoms with van der Waals surface area (Å²) in [5.41, 5.74) is 0.907. The van der Waals surface area contributed by atoms with E-state index in [9.17, 15) is 13.6 Å². The lowest BCUT2D eigenvalue weighted by Crippen LogP contribution is -2.30. The highest BCUT2D eigenvalue weighted by Crippen LogP contribution is 2.27. The second-order valence-electron chi connectivity index (χ2n) is 5.57. The average molecular weight is 319 g/mol. The van der Waals surface area contributed by atoms with Crippen LogP contribution in [0.1, 0.15) is 32.3 Å². The molecule has 0 saturated heterocycles. The van der Waals surface area contributed by atoms with Crippen molar-refractivity contribution < 1.29 is 18.3 Å². The zero-order valence-corrected chi connectivity index (χ0v) is 13.3. The fraction of sp³-hybridized carbons (Fsp3) is 0.278. The third kappa shape index (κ3) is 4.28. The minimum absolute atomic E-state index is 0.0796. The predicted molar refractivity (Wildman–Crippen MR) is 85.6 cm³/mol. The highest BCUT2D eigenvalue weighted by molar-refractivity contribution is 5.94. The third-order valence-electron chi connectivity index (χ3n) is 3.40. The molecule has 0 fully saturated rings. The number of anilines is 1. The van der Waals surface area contributed by atoms with E-state index in [1.54, 1.807) is 13.0 Å². The first-order valence-electron chi connectivity index (χ1n) is 7.40. The monoisotopic (exact) mass is 319 g/mol. The molecule has 2 aromatic carbocycles. The van der Waals surface area contributed by atoms with Gasteiger partial charge in [-0.25, -0.2) is 8.78 Å². The summed E-state index contributed by atoms with van der Waals surface area (Å²) in [4.78, 5) is 12.1. The number of benzene rings is 2. The van der Waals surface area contributed by atoms with Crippen molar-refractivity contribution in [3.05, 3.63) is 59.7 Å². The molecule has 0 radical (unpaired) electrons. The molecule has 2 rings (SSSR count). The molecule has 0 unspecified atom stereocenters. The standard InChI is InChI=1S/C18H19F2NO2/c1-11(2)14-6-4-5-7-17(14)23-12(3)18(22)21-16-9-8-13(19)10-15(16)20/h4-12H,1-3H3,(H,21,22)/t12-/m0/s1. The topological polar surface area (TPSA) is 38.3 Å². The first-order valence-corrected chi connectivity index (χ1v) is 7.40. The number of carbonyl (C=O) groups is 1. The molecule has 2 aromatic rings. The van der Waals surface area contributed by atoms with Gasteiger partial charge in [-0.05, 0) is 36.6 Å². The lowest BCUT2D eigenvalue weighted by molar-refractivity contribution is -0.122. The minimum Gasteiger partial charge on any atom is -0.481 e. The van der Waals surface area contributed by atoms with Crippen LogP contribution in [0.25, 0.3) is 0 Å². The van der Waals surface area contributed by atoms with Crippen molar-refractivity contribution in [3.63, 3.8) is 0 Å². The molecular weight excluding hydrogens is 300 g/mol. The Morgan fingerprint density at radius 2 is 1.78 bits per heavy atom. The van der Waals surface area contributed by atoms with E-state index in [0.717, 1.165) is 17.7 Å². The van der Waals surface area contributed by atoms with Crippen LogP contribution in [0.4, 0.5) is 14.5 Å². The van der Waals surface area contributed by atoms with E-state index in [2.05, 4.69) is 5.32 Å². The Hall–Kier alpha value is -2.43. The Bertz CT molecular complexity index is 701. The van der Waals surface area contributed by atoms with Crippen molar-refractivity contribution in [1.29, 1.82) is 0 Å². The van der Waals surface area contributed by atoms with Crippen LogP contribution in [-0.4, -0.2) is 12.0 Å². The van der Waals surface area contributed by atoms with Gasteiger partial charge in [0.05, 0.1) is 5.69 Å². The highest BCUT2D eigenvalue weighted by Gasteiger charge is 2.18. The fourth-order valence-electron chi connectivity index (χ4n) is 2.13. The number of amides is 1. The molecule has 5 heteroatoms. The zero-order chi connectivity index (χ0) is 17.0. The van der Waals surface area contributed by atoms with Gasteiger partial charge >= 0.3 is 0 Å². The molecule has 0 aromatic heterocycles. The van der Waals surface area contributed by atoms with E-state index >= 15 is 0 Å². The molecule has 0 aliphatic carbocycles. The number of hydrogen-bond acceptors (Lipinski definition) is 2. The van der Waals surface area contributed by atoms with Gasteiger partial charge in [0.15, 0.2) is 6.10 Å². The Labute approximate surface area is 134 Å². The van der Waals surface area contributed by atoms with E-state index in [1.165, 1.54) is 6.07 Å². The first kappa shape index (κ1) is 16.9. The summed E-state index contributed by atoms with van der Waals surface area (Å²) < 4.78 is 32.1. The summed E-state index contributed by atoms with van der Waals surface area (Å²) in [6.45, 7) is 5.63. The van der Waals surface area contributed by atoms with Gasteiger partial charge in [0.1, 0.15) is 17.4 Å². The molecule has 0 saturated carbocycles. The third-order valence-corrected chi connectivity index (χ3v) is 3.40. The molecule has 1 atom stereocenters. The minimum atomic E-state index is -0.826. The van der Waals surface area contributed by atoms with Gasteiger partial charge in [0.2, 0.25) is 0 Å². The molecule has 3 nitrogen and oxygen atoms in total. The number of para-hydroxylation sites is 1. The number of halogens is 2. The Morgan fingerprint density at radius 1 is 1.09 bits per heavy atom. The Kier molecular flexibility index (Phi) is 5.32. The van der Waals surface area contributed by atoms with Crippen molar-refractivity contribution in [2.24, 2.45) is 0 Å². The van der Waals surface area contributed by atoms with Crippen molar-refractivity contribution >= 4 is 11.6 Å². The van der Waals surface area contributed by atoms with Gasteiger partial charge in [-0.1, -0.05) is 32.0 Å². The quantitative estimate of drug-likeness (QED) is 0.881. The number of nitrogens with one attached hydrogen (secondary N) is 1. The summed E-state index contributed by atoms with van der Waals surface area (Å²) >= 11 is 0. The number of ether oxygens (including phenoxy) is 1. The fourth-order valence-corrected chi connectivity index (χ4v) is 2.13. The molecule has 23 heavy (non-hydrogen) atoms. The average Bonchev–Trinajstić information content (AvgIpc) is 2.50. The number of rotatable bonds is 5. The van der Waals surface area contributed by atoms with Gasteiger partial charge in [-0.15, -0.1) is 0 Å². The summed E-state index contributed by atoms with van der Waals surface area (Å²) in [5.74, 6) is -1.17. The van der Waals surface area contributed by atoms with Crippen molar-refractivity contribution in [1.82, 2.24) is 0 Å². The maximum atomic E-state index is 13.6. The SMILES string of the molecule is CC(C)c1ccccc1O[C@@H](C)C(=O)Nc1ccc(F)cc1F. The largest absolute Gasteiger partial charge is 0.481 e. The lowest BCUT2D eigenvalue weighted by Gasteiger charge is -2.18. The number of carbonyl (C=O) groups excluding carboxylic acids is 1. The van der Waals surface area contributed by atoms with Crippen LogP contribution in [0.3, 0.4) is 0 Å². The smallest absolute Gasteiger partial charge is 0.265 e. The second kappa shape index (κ2) is 7.22. The first-order chi connectivity index (χ1) is 10.9. The van der Waals surface area contributed by atoms with Crippen LogP contribution in [0.5, 0.6) is 5.75 Å². The maximum absolute atomic E-state index is 13.6. The second-order valence-corrected chi connectivity index (χ2v) is 5.57. The molecule has 1 N–H and O–H groups in total. The normalized spacial score (nSPS) is 12.1. The maximum Gasteiger partial charge on any atom is 0.265 e. The predicted octanol–water partition coefficient (Wildman–Crippen LogP) is 4.49. The van der Waals surface area contributed by atoms with Crippen molar-refractivity contribution in [2.75, 3.05) is 5.32 Å². The van der Waals surface area contributed by atoms with E-state index in [1.807, 2.05) is 32.0 Å². The molecule has 122 valence electrons. The van der Waals surface area contributed by atoms with E-state index in [0.29, 0.717) is 5.75 Å². The van der Waals surface area contributed by atoms with Crippen LogP contribution >= 0.6 is 0 Å². The van der Waals surface area contributed by atoms with E-state index in [-0.39, 0.29) is 11.6 Å². The highest BCUT2D eigenvalue weighted by atomic mass is 19.1. The molecule has 1 amide bonds. The molecule has 0 heterocycles. The lowest BCUT2D eigenvalue weighted by atomic mass is 10.0. The summed E-state index contributed by atoms with van der Waals surface area (Å²) in [5, 5.41) is 2.40. The van der Waals surface area contributed by atoms with Gasteiger partial charge in [0, 0.05) is 6.07 Å². The van der Waals surface area contributed by atoms with Gasteiger partial charge in [-0.2, -0.15) is 0 Å². The van der Waals surface area contributed by atoms with Gasteiger partial charge in [-0.3, -0.25) is 4.79 Å². The molecule has 0 aliphatic rings. The molecule has 0 spiro atoms. The zero-order valence-electron chi connectivity index (χ0n) is 13.3. The number of hydrogen-bond donors (Lipinski definition) is 1. The van der Waals surface area contributed by atoms with Crippen LogP contribution < -0.4 is 10.1 Å². The molecule has 0 bridgehead atoms. The van der Waals surface area contributed by atoms with E-state index in [4.69, 9.17) is 4.74 Å². The van der Waals surface area contributed by atoms with Crippen LogP contribution in [0.2, 0.25) is 0 Å². The van der Waals surface area contributed by atoms with E-state index < -0.39 is 23.6 Å². The summed E-state index contributed by atoms with van der Waals surface area (Å²) in [7, 11) is 0. The summed E-state index contributed by atoms with van der Waals surface area (Å²) in [6, 6.07) is 10.4. The van der Waals surface area contributed by atoms with Crippen LogP contribution in [0.15, 0.2) is 42.5 Å². The van der Waals surface area contributed by atoms with Gasteiger partial charge < -0.3 is 10.1 Å².